The predicted molar refractivity (Wildman–Crippen MR) is 69.5 cm³/mol. The second kappa shape index (κ2) is 6.53. The van der Waals surface area contributed by atoms with Crippen molar-refractivity contribution in [3.8, 4) is 6.01 Å². The molecule has 0 aromatic carbocycles. The lowest BCUT2D eigenvalue weighted by Crippen LogP contribution is -2.23. The molecule has 6 heteroatoms. The van der Waals surface area contributed by atoms with Crippen molar-refractivity contribution >= 4 is 5.91 Å². The number of rotatable bonds is 6. The highest BCUT2D eigenvalue weighted by Gasteiger charge is 2.04. The lowest BCUT2D eigenvalue weighted by molar-refractivity contribution is -0.121. The summed E-state index contributed by atoms with van der Waals surface area (Å²) in [4.78, 5) is 22.7. The van der Waals surface area contributed by atoms with Crippen LogP contribution in [-0.4, -0.2) is 28.0 Å². The summed E-state index contributed by atoms with van der Waals surface area (Å²) in [5.74, 6) is 0.00502. The molecule has 2 N–H and O–H groups in total. The summed E-state index contributed by atoms with van der Waals surface area (Å²) in [6, 6.07) is 4.16. The zero-order valence-electron chi connectivity index (χ0n) is 10.7. The highest BCUT2D eigenvalue weighted by molar-refractivity contribution is 5.76. The molecule has 2 aromatic heterocycles. The summed E-state index contributed by atoms with van der Waals surface area (Å²) in [7, 11) is 1.52. The van der Waals surface area contributed by atoms with Crippen LogP contribution in [0.5, 0.6) is 6.01 Å². The number of carbonyl (C=O) groups excluding carboxylic acids is 1. The molecule has 0 aliphatic carbocycles. The molecule has 0 atom stereocenters. The van der Waals surface area contributed by atoms with E-state index >= 15 is 0 Å². The van der Waals surface area contributed by atoms with Crippen LogP contribution in [0.4, 0.5) is 0 Å². The van der Waals surface area contributed by atoms with E-state index in [4.69, 9.17) is 4.74 Å². The molecule has 0 saturated carbocycles. The summed E-state index contributed by atoms with van der Waals surface area (Å²) in [6.45, 7) is 0.519. The van der Waals surface area contributed by atoms with Gasteiger partial charge in [0.05, 0.1) is 13.7 Å². The Morgan fingerprint density at radius 1 is 1.42 bits per heavy atom. The van der Waals surface area contributed by atoms with Crippen molar-refractivity contribution in [3.63, 3.8) is 0 Å². The standard InChI is InChI=1S/C13H16N4O2/c1-19-13-16-7-10(8-17-13)4-5-12(18)15-9-11-3-2-6-14-11/h2-3,6-8,14H,4-5,9H2,1H3,(H,15,18). The summed E-state index contributed by atoms with van der Waals surface area (Å²) >= 11 is 0. The second-order valence-electron chi connectivity index (χ2n) is 4.05. The van der Waals surface area contributed by atoms with Crippen LogP contribution in [0.3, 0.4) is 0 Å². The lowest BCUT2D eigenvalue weighted by Gasteiger charge is -2.04. The predicted octanol–water partition coefficient (Wildman–Crippen LogP) is 1.06. The number of aromatic nitrogens is 3. The number of H-pyrrole nitrogens is 1. The van der Waals surface area contributed by atoms with E-state index < -0.39 is 0 Å². The number of aromatic amines is 1. The lowest BCUT2D eigenvalue weighted by atomic mass is 10.2. The third-order valence-electron chi connectivity index (χ3n) is 2.64. The van der Waals surface area contributed by atoms with Gasteiger partial charge in [-0.15, -0.1) is 0 Å². The molecule has 0 bridgehead atoms. The van der Waals surface area contributed by atoms with E-state index in [2.05, 4.69) is 20.3 Å². The third kappa shape index (κ3) is 4.09. The minimum absolute atomic E-state index is 0.00502. The first kappa shape index (κ1) is 13.1. The van der Waals surface area contributed by atoms with Crippen LogP contribution < -0.4 is 10.1 Å². The molecule has 0 spiro atoms. The fraction of sp³-hybridized carbons (Fsp3) is 0.308. The molecule has 6 nitrogen and oxygen atoms in total. The van der Waals surface area contributed by atoms with Crippen LogP contribution in [0.15, 0.2) is 30.7 Å². The van der Waals surface area contributed by atoms with E-state index in [9.17, 15) is 4.79 Å². The first-order valence-corrected chi connectivity index (χ1v) is 6.02. The average Bonchev–Trinajstić information content (AvgIpc) is 2.96. The summed E-state index contributed by atoms with van der Waals surface area (Å²) in [5.41, 5.74) is 1.90. The van der Waals surface area contributed by atoms with Crippen LogP contribution in [0, 0.1) is 0 Å². The molecule has 100 valence electrons. The number of aryl methyl sites for hydroxylation is 1. The molecule has 1 amide bonds. The summed E-state index contributed by atoms with van der Waals surface area (Å²) in [6.07, 6.45) is 6.20. The molecule has 0 radical (unpaired) electrons. The number of ether oxygens (including phenoxy) is 1. The van der Waals surface area contributed by atoms with Gasteiger partial charge in [0.1, 0.15) is 0 Å². The molecular formula is C13H16N4O2. The Bertz CT molecular complexity index is 508. The smallest absolute Gasteiger partial charge is 0.316 e. The first-order chi connectivity index (χ1) is 9.28. The molecule has 2 heterocycles. The van der Waals surface area contributed by atoms with Gasteiger partial charge in [-0.05, 0) is 24.1 Å². The van der Waals surface area contributed by atoms with Crippen molar-refractivity contribution in [1.29, 1.82) is 0 Å². The normalized spacial score (nSPS) is 10.2. The highest BCUT2D eigenvalue weighted by Crippen LogP contribution is 2.04. The minimum atomic E-state index is 0.00502. The van der Waals surface area contributed by atoms with Gasteiger partial charge in [-0.1, -0.05) is 0 Å². The fourth-order valence-corrected chi connectivity index (χ4v) is 1.59. The van der Waals surface area contributed by atoms with Gasteiger partial charge >= 0.3 is 6.01 Å². The molecular weight excluding hydrogens is 244 g/mol. The third-order valence-corrected chi connectivity index (χ3v) is 2.64. The van der Waals surface area contributed by atoms with Gasteiger partial charge in [-0.3, -0.25) is 4.79 Å². The topological polar surface area (TPSA) is 79.9 Å². The van der Waals surface area contributed by atoms with Crippen molar-refractivity contribution in [2.24, 2.45) is 0 Å². The van der Waals surface area contributed by atoms with Crippen LogP contribution in [0.2, 0.25) is 0 Å². The molecule has 0 aliphatic rings. The quantitative estimate of drug-likeness (QED) is 0.814. The van der Waals surface area contributed by atoms with Gasteiger partial charge in [0, 0.05) is 30.7 Å². The molecule has 0 saturated heterocycles. The number of amides is 1. The van der Waals surface area contributed by atoms with E-state index in [1.807, 2.05) is 18.3 Å². The number of hydrogen-bond acceptors (Lipinski definition) is 4. The molecule has 0 unspecified atom stereocenters. The number of hydrogen-bond donors (Lipinski definition) is 2. The van der Waals surface area contributed by atoms with Gasteiger partial charge in [-0.2, -0.15) is 0 Å². The number of methoxy groups -OCH3 is 1. The van der Waals surface area contributed by atoms with Gasteiger partial charge in [0.25, 0.3) is 0 Å². The largest absolute Gasteiger partial charge is 0.467 e. The Kier molecular flexibility index (Phi) is 4.49. The zero-order valence-corrected chi connectivity index (χ0v) is 10.7. The molecule has 19 heavy (non-hydrogen) atoms. The van der Waals surface area contributed by atoms with Crippen LogP contribution in [-0.2, 0) is 17.8 Å². The number of carbonyl (C=O) groups is 1. The van der Waals surface area contributed by atoms with Gasteiger partial charge in [-0.25, -0.2) is 9.97 Å². The van der Waals surface area contributed by atoms with Crippen molar-refractivity contribution in [3.05, 3.63) is 42.0 Å². The van der Waals surface area contributed by atoms with Gasteiger partial charge < -0.3 is 15.0 Å². The number of nitrogens with zero attached hydrogens (tertiary/aromatic N) is 2. The Labute approximate surface area is 111 Å². The Balaban J connectivity index is 1.73. The van der Waals surface area contributed by atoms with Gasteiger partial charge in [0.15, 0.2) is 0 Å². The molecule has 2 rings (SSSR count). The van der Waals surface area contributed by atoms with E-state index in [1.165, 1.54) is 7.11 Å². The minimum Gasteiger partial charge on any atom is -0.467 e. The average molecular weight is 260 g/mol. The van der Waals surface area contributed by atoms with E-state index in [0.29, 0.717) is 25.4 Å². The van der Waals surface area contributed by atoms with Crippen LogP contribution >= 0.6 is 0 Å². The monoisotopic (exact) mass is 260 g/mol. The first-order valence-electron chi connectivity index (χ1n) is 6.02. The van der Waals surface area contributed by atoms with Crippen LogP contribution in [0.25, 0.3) is 0 Å². The maximum absolute atomic E-state index is 11.6. The van der Waals surface area contributed by atoms with Crippen molar-refractivity contribution in [2.75, 3.05) is 7.11 Å². The van der Waals surface area contributed by atoms with Crippen molar-refractivity contribution < 1.29 is 9.53 Å². The molecule has 2 aromatic rings. The van der Waals surface area contributed by atoms with E-state index in [-0.39, 0.29) is 5.91 Å². The Morgan fingerprint density at radius 3 is 2.84 bits per heavy atom. The van der Waals surface area contributed by atoms with E-state index in [0.717, 1.165) is 11.3 Å². The SMILES string of the molecule is COc1ncc(CCC(=O)NCc2ccc[nH]2)cn1. The maximum Gasteiger partial charge on any atom is 0.316 e. The van der Waals surface area contributed by atoms with Crippen molar-refractivity contribution in [1.82, 2.24) is 20.3 Å². The van der Waals surface area contributed by atoms with Crippen molar-refractivity contribution in [2.45, 2.75) is 19.4 Å². The molecule has 0 fully saturated rings. The van der Waals surface area contributed by atoms with Crippen LogP contribution in [0.1, 0.15) is 17.7 Å². The maximum atomic E-state index is 11.6. The Morgan fingerprint density at radius 2 is 2.21 bits per heavy atom. The zero-order chi connectivity index (χ0) is 13.5. The molecule has 0 aliphatic heterocycles. The Hall–Kier alpha value is -2.37. The summed E-state index contributed by atoms with van der Waals surface area (Å²) < 4.78 is 4.87. The summed E-state index contributed by atoms with van der Waals surface area (Å²) in [5, 5.41) is 2.84. The van der Waals surface area contributed by atoms with Gasteiger partial charge in [0.2, 0.25) is 5.91 Å². The second-order valence-corrected chi connectivity index (χ2v) is 4.05. The highest BCUT2D eigenvalue weighted by atomic mass is 16.5. The van der Waals surface area contributed by atoms with E-state index in [1.54, 1.807) is 12.4 Å². The number of nitrogens with one attached hydrogen (secondary N) is 2. The fourth-order valence-electron chi connectivity index (χ4n) is 1.59.